The van der Waals surface area contributed by atoms with Crippen molar-refractivity contribution in [2.24, 2.45) is 23.7 Å². The van der Waals surface area contributed by atoms with Crippen LogP contribution in [0.2, 0.25) is 0 Å². The molecule has 1 saturated heterocycles. The van der Waals surface area contributed by atoms with E-state index in [1.54, 1.807) is 0 Å². The maximum absolute atomic E-state index is 11.8. The van der Waals surface area contributed by atoms with Crippen LogP contribution in [0.5, 0.6) is 0 Å². The lowest BCUT2D eigenvalue weighted by Crippen LogP contribution is -2.61. The first-order valence-electron chi connectivity index (χ1n) is 8.67. The van der Waals surface area contributed by atoms with Crippen molar-refractivity contribution < 1.29 is 9.90 Å². The lowest BCUT2D eigenvalue weighted by molar-refractivity contribution is -0.150. The molecule has 3 heteroatoms. The summed E-state index contributed by atoms with van der Waals surface area (Å²) in [4.78, 5) is 11.8. The summed E-state index contributed by atoms with van der Waals surface area (Å²) in [6.45, 7) is 2.19. The van der Waals surface area contributed by atoms with Gasteiger partial charge in [0.1, 0.15) is 0 Å². The smallest absolute Gasteiger partial charge is 0.307 e. The molecule has 3 aliphatic rings. The molecule has 2 aliphatic carbocycles. The predicted octanol–water partition coefficient (Wildman–Crippen LogP) is 3.43. The van der Waals surface area contributed by atoms with E-state index < -0.39 is 5.97 Å². The minimum absolute atomic E-state index is 0.117. The fraction of sp³-hybridized carbons (Fsp3) is 0.941. The summed E-state index contributed by atoms with van der Waals surface area (Å²) >= 11 is 0. The van der Waals surface area contributed by atoms with Gasteiger partial charge in [0.05, 0.1) is 5.92 Å². The van der Waals surface area contributed by atoms with Gasteiger partial charge in [0, 0.05) is 12.1 Å². The van der Waals surface area contributed by atoms with Gasteiger partial charge in [-0.2, -0.15) is 0 Å². The SMILES string of the molecule is CC1C(C2CCCCC2)NC2CCCCC2C1C(=O)O. The van der Waals surface area contributed by atoms with E-state index in [1.165, 1.54) is 51.4 Å². The number of hydrogen-bond acceptors (Lipinski definition) is 2. The summed E-state index contributed by atoms with van der Waals surface area (Å²) in [6, 6.07) is 0.906. The van der Waals surface area contributed by atoms with Crippen LogP contribution in [0.15, 0.2) is 0 Å². The van der Waals surface area contributed by atoms with E-state index in [1.807, 2.05) is 0 Å². The number of fused-ring (bicyclic) bond motifs is 1. The third-order valence-electron chi connectivity index (χ3n) is 6.26. The number of piperidine rings is 1. The van der Waals surface area contributed by atoms with Crippen molar-refractivity contribution in [3.8, 4) is 0 Å². The second-order valence-corrected chi connectivity index (χ2v) is 7.37. The average Bonchev–Trinajstić information content (AvgIpc) is 2.47. The van der Waals surface area contributed by atoms with Gasteiger partial charge in [0.15, 0.2) is 0 Å². The summed E-state index contributed by atoms with van der Waals surface area (Å²) in [5.41, 5.74) is 0. The van der Waals surface area contributed by atoms with E-state index in [9.17, 15) is 9.90 Å². The third kappa shape index (κ3) is 2.61. The van der Waals surface area contributed by atoms with Gasteiger partial charge in [0.25, 0.3) is 0 Å². The van der Waals surface area contributed by atoms with E-state index in [0.29, 0.717) is 23.9 Å². The van der Waals surface area contributed by atoms with Gasteiger partial charge in [-0.1, -0.05) is 39.0 Å². The highest BCUT2D eigenvalue weighted by atomic mass is 16.4. The summed E-state index contributed by atoms with van der Waals surface area (Å²) in [5.74, 6) is 0.708. The van der Waals surface area contributed by atoms with Crippen LogP contribution in [0.3, 0.4) is 0 Å². The molecule has 3 nitrogen and oxygen atoms in total. The zero-order valence-electron chi connectivity index (χ0n) is 12.7. The van der Waals surface area contributed by atoms with Crippen LogP contribution >= 0.6 is 0 Å². The molecule has 1 heterocycles. The van der Waals surface area contributed by atoms with Gasteiger partial charge in [-0.3, -0.25) is 4.79 Å². The molecular weight excluding hydrogens is 250 g/mol. The van der Waals surface area contributed by atoms with Crippen LogP contribution in [0.4, 0.5) is 0 Å². The fourth-order valence-corrected chi connectivity index (χ4v) is 5.28. The lowest BCUT2D eigenvalue weighted by Gasteiger charge is -2.50. The molecule has 1 aliphatic heterocycles. The normalized spacial score (nSPS) is 43.0. The van der Waals surface area contributed by atoms with Crippen molar-refractivity contribution in [1.82, 2.24) is 5.32 Å². The third-order valence-corrected chi connectivity index (χ3v) is 6.26. The number of hydrogen-bond donors (Lipinski definition) is 2. The predicted molar refractivity (Wildman–Crippen MR) is 79.5 cm³/mol. The Labute approximate surface area is 122 Å². The molecule has 2 saturated carbocycles. The number of aliphatic carboxylic acids is 1. The highest BCUT2D eigenvalue weighted by Gasteiger charge is 2.48. The molecule has 5 atom stereocenters. The van der Waals surface area contributed by atoms with Crippen LogP contribution in [-0.4, -0.2) is 23.2 Å². The second-order valence-electron chi connectivity index (χ2n) is 7.37. The molecule has 3 rings (SSSR count). The van der Waals surface area contributed by atoms with E-state index in [0.717, 1.165) is 6.42 Å². The summed E-state index contributed by atoms with van der Waals surface area (Å²) < 4.78 is 0. The van der Waals surface area contributed by atoms with Crippen LogP contribution in [-0.2, 0) is 4.79 Å². The molecule has 20 heavy (non-hydrogen) atoms. The van der Waals surface area contributed by atoms with Crippen molar-refractivity contribution in [3.63, 3.8) is 0 Å². The zero-order valence-corrected chi connectivity index (χ0v) is 12.7. The summed E-state index contributed by atoms with van der Waals surface area (Å²) in [5, 5.41) is 13.6. The molecule has 114 valence electrons. The minimum atomic E-state index is -0.545. The molecule has 2 N–H and O–H groups in total. The number of carbonyl (C=O) groups is 1. The van der Waals surface area contributed by atoms with Gasteiger partial charge >= 0.3 is 5.97 Å². The molecular formula is C17H29NO2. The average molecular weight is 279 g/mol. The quantitative estimate of drug-likeness (QED) is 0.814. The highest BCUT2D eigenvalue weighted by Crippen LogP contribution is 2.43. The number of rotatable bonds is 2. The fourth-order valence-electron chi connectivity index (χ4n) is 5.28. The van der Waals surface area contributed by atoms with Crippen molar-refractivity contribution in [2.45, 2.75) is 76.8 Å². The van der Waals surface area contributed by atoms with Crippen molar-refractivity contribution in [2.75, 3.05) is 0 Å². The maximum atomic E-state index is 11.8. The van der Waals surface area contributed by atoms with Crippen LogP contribution < -0.4 is 5.32 Å². The highest BCUT2D eigenvalue weighted by molar-refractivity contribution is 5.71. The molecule has 5 unspecified atom stereocenters. The summed E-state index contributed by atoms with van der Waals surface area (Å²) in [6.07, 6.45) is 11.4. The standard InChI is InChI=1S/C17H29NO2/c1-11-15(17(19)20)13-9-5-6-10-14(13)18-16(11)12-7-3-2-4-8-12/h11-16,18H,2-10H2,1H3,(H,19,20). The van der Waals surface area contributed by atoms with Crippen LogP contribution in [0.25, 0.3) is 0 Å². The van der Waals surface area contributed by atoms with Gasteiger partial charge in [-0.05, 0) is 43.4 Å². The Balaban J connectivity index is 1.79. The van der Waals surface area contributed by atoms with Crippen molar-refractivity contribution in [1.29, 1.82) is 0 Å². The van der Waals surface area contributed by atoms with E-state index in [2.05, 4.69) is 12.2 Å². The van der Waals surface area contributed by atoms with Gasteiger partial charge in [-0.25, -0.2) is 0 Å². The Kier molecular flexibility index (Phi) is 4.34. The van der Waals surface area contributed by atoms with E-state index >= 15 is 0 Å². The van der Waals surface area contributed by atoms with Crippen LogP contribution in [0, 0.1) is 23.7 Å². The molecule has 0 radical (unpaired) electrons. The maximum Gasteiger partial charge on any atom is 0.307 e. The Morgan fingerprint density at radius 1 is 1.00 bits per heavy atom. The molecule has 0 bridgehead atoms. The molecule has 0 aromatic rings. The van der Waals surface area contributed by atoms with Crippen molar-refractivity contribution >= 4 is 5.97 Å². The topological polar surface area (TPSA) is 49.3 Å². The Hall–Kier alpha value is -0.570. The van der Waals surface area contributed by atoms with E-state index in [4.69, 9.17) is 0 Å². The first-order chi connectivity index (χ1) is 9.68. The first-order valence-corrected chi connectivity index (χ1v) is 8.67. The first kappa shape index (κ1) is 14.4. The summed E-state index contributed by atoms with van der Waals surface area (Å²) in [7, 11) is 0. The Morgan fingerprint density at radius 3 is 2.35 bits per heavy atom. The van der Waals surface area contributed by atoms with E-state index in [-0.39, 0.29) is 11.8 Å². The lowest BCUT2D eigenvalue weighted by atomic mass is 9.63. The number of nitrogens with one attached hydrogen (secondary N) is 1. The Morgan fingerprint density at radius 2 is 1.65 bits per heavy atom. The minimum Gasteiger partial charge on any atom is -0.481 e. The van der Waals surface area contributed by atoms with Gasteiger partial charge in [-0.15, -0.1) is 0 Å². The molecule has 0 aromatic carbocycles. The van der Waals surface area contributed by atoms with Gasteiger partial charge in [0.2, 0.25) is 0 Å². The number of carboxylic acids is 1. The van der Waals surface area contributed by atoms with Crippen LogP contribution in [0.1, 0.15) is 64.7 Å². The Bertz CT molecular complexity index is 351. The van der Waals surface area contributed by atoms with Crippen molar-refractivity contribution in [3.05, 3.63) is 0 Å². The molecule has 3 fully saturated rings. The van der Waals surface area contributed by atoms with Gasteiger partial charge < -0.3 is 10.4 Å². The monoisotopic (exact) mass is 279 g/mol. The largest absolute Gasteiger partial charge is 0.481 e. The second kappa shape index (κ2) is 6.05. The zero-order chi connectivity index (χ0) is 14.1. The molecule has 0 amide bonds. The molecule has 0 aromatic heterocycles. The molecule has 0 spiro atoms. The number of carboxylic acid groups (broad SMARTS) is 1.